The Labute approximate surface area is 120 Å². The fourth-order valence-corrected chi connectivity index (χ4v) is 2.02. The molecule has 0 aliphatic heterocycles. The van der Waals surface area contributed by atoms with Crippen molar-refractivity contribution in [3.8, 4) is 0 Å². The molecule has 1 amide bonds. The summed E-state index contributed by atoms with van der Waals surface area (Å²) >= 11 is 0. The van der Waals surface area contributed by atoms with E-state index in [9.17, 15) is 9.18 Å². The van der Waals surface area contributed by atoms with Crippen molar-refractivity contribution >= 4 is 5.91 Å². The Bertz CT molecular complexity index is 438. The molecule has 2 atom stereocenters. The lowest BCUT2D eigenvalue weighted by atomic mass is 9.85. The maximum atomic E-state index is 13.0. The van der Waals surface area contributed by atoms with Gasteiger partial charge in [0.2, 0.25) is 5.91 Å². The summed E-state index contributed by atoms with van der Waals surface area (Å²) in [5.74, 6) is -0.114. The molecular weight excluding hydrogens is 255 g/mol. The number of amides is 1. The van der Waals surface area contributed by atoms with E-state index < -0.39 is 5.41 Å². The molecule has 0 saturated heterocycles. The lowest BCUT2D eigenvalue weighted by molar-refractivity contribution is -0.131. The van der Waals surface area contributed by atoms with Gasteiger partial charge in [0, 0.05) is 6.54 Å². The maximum absolute atomic E-state index is 13.0. The maximum Gasteiger partial charge on any atom is 0.227 e. The van der Waals surface area contributed by atoms with Crippen molar-refractivity contribution in [3.63, 3.8) is 0 Å². The van der Waals surface area contributed by atoms with Crippen LogP contribution in [0.4, 0.5) is 4.39 Å². The Balaban J connectivity index is 2.94. The zero-order chi connectivity index (χ0) is 15.3. The van der Waals surface area contributed by atoms with Gasteiger partial charge >= 0.3 is 0 Å². The minimum absolute atomic E-state index is 0.0504. The van der Waals surface area contributed by atoms with E-state index in [1.807, 2.05) is 27.7 Å². The summed E-state index contributed by atoms with van der Waals surface area (Å²) in [5, 5.41) is 3.05. The smallest absolute Gasteiger partial charge is 0.227 e. The van der Waals surface area contributed by atoms with Crippen molar-refractivity contribution in [2.45, 2.75) is 40.2 Å². The summed E-state index contributed by atoms with van der Waals surface area (Å²) in [6, 6.07) is 6.12. The molecule has 0 aliphatic rings. The van der Waals surface area contributed by atoms with E-state index in [4.69, 9.17) is 5.73 Å². The lowest BCUT2D eigenvalue weighted by Gasteiger charge is -2.30. The third-order valence-electron chi connectivity index (χ3n) is 3.96. The van der Waals surface area contributed by atoms with Crippen LogP contribution in [-0.2, 0) is 4.79 Å². The van der Waals surface area contributed by atoms with Gasteiger partial charge in [-0.1, -0.05) is 32.9 Å². The first-order valence-electron chi connectivity index (χ1n) is 7.10. The Morgan fingerprint density at radius 3 is 2.30 bits per heavy atom. The summed E-state index contributed by atoms with van der Waals surface area (Å²) in [6.07, 6.45) is 0.684. The van der Waals surface area contributed by atoms with E-state index in [0.717, 1.165) is 5.56 Å². The van der Waals surface area contributed by atoms with Crippen LogP contribution in [0.1, 0.15) is 45.7 Å². The van der Waals surface area contributed by atoms with Crippen LogP contribution in [-0.4, -0.2) is 12.5 Å². The summed E-state index contributed by atoms with van der Waals surface area (Å²) in [6.45, 7) is 8.18. The first-order valence-corrected chi connectivity index (χ1v) is 7.10. The van der Waals surface area contributed by atoms with Crippen molar-refractivity contribution < 1.29 is 9.18 Å². The van der Waals surface area contributed by atoms with Crippen molar-refractivity contribution in [2.75, 3.05) is 6.54 Å². The van der Waals surface area contributed by atoms with Gasteiger partial charge in [-0.2, -0.15) is 0 Å². The number of nitrogens with one attached hydrogen (secondary N) is 1. The van der Waals surface area contributed by atoms with Crippen LogP contribution in [0, 0.1) is 17.2 Å². The molecule has 0 radical (unpaired) electrons. The second kappa shape index (κ2) is 6.84. The molecular formula is C16H25FN2O. The number of carbonyl (C=O) groups excluding carboxylic acids is 1. The van der Waals surface area contributed by atoms with E-state index >= 15 is 0 Å². The molecule has 20 heavy (non-hydrogen) atoms. The van der Waals surface area contributed by atoms with E-state index in [1.165, 1.54) is 12.1 Å². The fourth-order valence-electron chi connectivity index (χ4n) is 2.02. The molecule has 1 rings (SSSR count). The summed E-state index contributed by atoms with van der Waals surface area (Å²) in [5.41, 5.74) is 6.06. The van der Waals surface area contributed by atoms with E-state index in [2.05, 4.69) is 5.32 Å². The Morgan fingerprint density at radius 1 is 1.35 bits per heavy atom. The van der Waals surface area contributed by atoms with Gasteiger partial charge in [0.1, 0.15) is 5.82 Å². The molecule has 3 N–H and O–H groups in total. The zero-order valence-corrected chi connectivity index (χ0v) is 12.7. The summed E-state index contributed by atoms with van der Waals surface area (Å²) in [4.78, 5) is 12.4. The fraction of sp³-hybridized carbons (Fsp3) is 0.562. The molecule has 112 valence electrons. The number of carbonyl (C=O) groups is 1. The van der Waals surface area contributed by atoms with E-state index in [0.29, 0.717) is 13.0 Å². The monoisotopic (exact) mass is 280 g/mol. The van der Waals surface area contributed by atoms with Crippen LogP contribution in [0.2, 0.25) is 0 Å². The van der Waals surface area contributed by atoms with Gasteiger partial charge in [-0.05, 0) is 37.0 Å². The first-order chi connectivity index (χ1) is 9.34. The predicted molar refractivity (Wildman–Crippen MR) is 79.6 cm³/mol. The topological polar surface area (TPSA) is 55.1 Å². The number of hydrogen-bond acceptors (Lipinski definition) is 2. The van der Waals surface area contributed by atoms with Gasteiger partial charge in [0.15, 0.2) is 0 Å². The molecule has 0 aromatic heterocycles. The molecule has 0 bridgehead atoms. The van der Waals surface area contributed by atoms with Crippen LogP contribution in [0.3, 0.4) is 0 Å². The third kappa shape index (κ3) is 3.79. The zero-order valence-electron chi connectivity index (χ0n) is 12.7. The molecule has 0 aliphatic carbocycles. The second-order valence-corrected chi connectivity index (χ2v) is 5.87. The highest BCUT2D eigenvalue weighted by Gasteiger charge is 2.32. The lowest BCUT2D eigenvalue weighted by Crippen LogP contribution is -2.45. The molecule has 1 aromatic rings. The largest absolute Gasteiger partial charge is 0.349 e. The number of nitrogens with two attached hydrogens (primary N) is 1. The third-order valence-corrected chi connectivity index (χ3v) is 3.96. The molecule has 0 heterocycles. The Morgan fingerprint density at radius 2 is 1.90 bits per heavy atom. The normalized spacial score (nSPS) is 15.8. The summed E-state index contributed by atoms with van der Waals surface area (Å²) < 4.78 is 13.0. The van der Waals surface area contributed by atoms with Crippen molar-refractivity contribution in [2.24, 2.45) is 17.1 Å². The van der Waals surface area contributed by atoms with Crippen molar-refractivity contribution in [1.29, 1.82) is 0 Å². The molecule has 4 heteroatoms. The van der Waals surface area contributed by atoms with Crippen LogP contribution < -0.4 is 11.1 Å². The first kappa shape index (κ1) is 16.6. The van der Waals surface area contributed by atoms with Gasteiger partial charge in [-0.25, -0.2) is 4.39 Å². The highest BCUT2D eigenvalue weighted by atomic mass is 19.1. The van der Waals surface area contributed by atoms with Crippen LogP contribution in [0.25, 0.3) is 0 Å². The van der Waals surface area contributed by atoms with Gasteiger partial charge in [0.25, 0.3) is 0 Å². The Hall–Kier alpha value is -1.42. The molecule has 2 unspecified atom stereocenters. The van der Waals surface area contributed by atoms with Gasteiger partial charge in [0.05, 0.1) is 11.5 Å². The minimum atomic E-state index is -0.562. The highest BCUT2D eigenvalue weighted by molar-refractivity contribution is 5.82. The minimum Gasteiger partial charge on any atom is -0.349 e. The van der Waals surface area contributed by atoms with E-state index in [1.54, 1.807) is 12.1 Å². The van der Waals surface area contributed by atoms with Gasteiger partial charge in [-0.3, -0.25) is 4.79 Å². The van der Waals surface area contributed by atoms with Crippen LogP contribution in [0.15, 0.2) is 24.3 Å². The summed E-state index contributed by atoms with van der Waals surface area (Å²) in [7, 11) is 0. The second-order valence-electron chi connectivity index (χ2n) is 5.87. The van der Waals surface area contributed by atoms with E-state index in [-0.39, 0.29) is 23.7 Å². The number of hydrogen-bond donors (Lipinski definition) is 2. The van der Waals surface area contributed by atoms with Gasteiger partial charge < -0.3 is 11.1 Å². The molecule has 0 spiro atoms. The molecule has 0 saturated carbocycles. The SMILES string of the molecule is CCC(C)(CN)C(=O)NC(c1ccc(F)cc1)C(C)C. The predicted octanol–water partition coefficient (Wildman–Crippen LogP) is 3.01. The molecule has 3 nitrogen and oxygen atoms in total. The van der Waals surface area contributed by atoms with Crippen molar-refractivity contribution in [3.05, 3.63) is 35.6 Å². The number of rotatable bonds is 6. The Kier molecular flexibility index (Phi) is 5.69. The number of benzene rings is 1. The van der Waals surface area contributed by atoms with Crippen LogP contribution >= 0.6 is 0 Å². The number of halogens is 1. The van der Waals surface area contributed by atoms with Crippen molar-refractivity contribution in [1.82, 2.24) is 5.32 Å². The highest BCUT2D eigenvalue weighted by Crippen LogP contribution is 2.26. The van der Waals surface area contributed by atoms with Crippen LogP contribution in [0.5, 0.6) is 0 Å². The average Bonchev–Trinajstić information content (AvgIpc) is 2.44. The molecule has 0 fully saturated rings. The molecule has 1 aromatic carbocycles. The quantitative estimate of drug-likeness (QED) is 0.841. The average molecular weight is 280 g/mol. The van der Waals surface area contributed by atoms with Gasteiger partial charge in [-0.15, -0.1) is 0 Å². The standard InChI is InChI=1S/C16H25FN2O/c1-5-16(4,10-18)15(20)19-14(11(2)3)12-6-8-13(17)9-7-12/h6-9,11,14H,5,10,18H2,1-4H3,(H,19,20).